The van der Waals surface area contributed by atoms with Gasteiger partial charge in [0.2, 0.25) is 0 Å². The van der Waals surface area contributed by atoms with Gasteiger partial charge in [0, 0.05) is 24.8 Å². The number of methoxy groups -OCH3 is 1. The van der Waals surface area contributed by atoms with Crippen LogP contribution in [0.2, 0.25) is 0 Å². The number of ether oxygens (including phenoxy) is 2. The first-order chi connectivity index (χ1) is 9.35. The summed E-state index contributed by atoms with van der Waals surface area (Å²) in [5.41, 5.74) is 1.13. The van der Waals surface area contributed by atoms with Crippen LogP contribution < -0.4 is 14.8 Å². The number of nitrogens with one attached hydrogen (secondary N) is 1. The van der Waals surface area contributed by atoms with Crippen molar-refractivity contribution >= 4 is 0 Å². The lowest BCUT2D eigenvalue weighted by molar-refractivity contribution is 0.246. The fraction of sp³-hybridized carbons (Fsp3) is 0.600. The maximum absolute atomic E-state index is 8.78. The van der Waals surface area contributed by atoms with E-state index in [0.29, 0.717) is 12.6 Å². The molecule has 4 nitrogen and oxygen atoms in total. The first-order valence-electron chi connectivity index (χ1n) is 6.98. The standard InChI is InChI=1S/C15H23NO3/c1-18-14-6-4-5-12(11-16-13-7-8-13)15(14)19-10-3-2-9-17/h4-6,13,16-17H,2-3,7-11H2,1H3. The quantitative estimate of drug-likeness (QED) is 0.671. The molecule has 1 aromatic carbocycles. The fourth-order valence-electron chi connectivity index (χ4n) is 1.95. The van der Waals surface area contributed by atoms with Gasteiger partial charge in [-0.15, -0.1) is 0 Å². The second kappa shape index (κ2) is 7.36. The predicted octanol–water partition coefficient (Wildman–Crippen LogP) is 2.10. The summed E-state index contributed by atoms with van der Waals surface area (Å²) < 4.78 is 11.2. The van der Waals surface area contributed by atoms with Crippen molar-refractivity contribution in [2.24, 2.45) is 0 Å². The van der Waals surface area contributed by atoms with Crippen molar-refractivity contribution in [3.05, 3.63) is 23.8 Å². The van der Waals surface area contributed by atoms with Crippen molar-refractivity contribution in [2.75, 3.05) is 20.3 Å². The number of hydrogen-bond donors (Lipinski definition) is 2. The fourth-order valence-corrected chi connectivity index (χ4v) is 1.95. The van der Waals surface area contributed by atoms with Crippen LogP contribution in [-0.4, -0.2) is 31.5 Å². The number of rotatable bonds is 9. The van der Waals surface area contributed by atoms with E-state index < -0.39 is 0 Å². The van der Waals surface area contributed by atoms with Crippen LogP contribution in [0.1, 0.15) is 31.2 Å². The number of aliphatic hydroxyl groups is 1. The van der Waals surface area contributed by atoms with Crippen molar-refractivity contribution in [3.63, 3.8) is 0 Å². The molecule has 0 radical (unpaired) electrons. The molecule has 2 rings (SSSR count). The van der Waals surface area contributed by atoms with Gasteiger partial charge in [0.25, 0.3) is 0 Å². The summed E-state index contributed by atoms with van der Waals surface area (Å²) in [4.78, 5) is 0. The van der Waals surface area contributed by atoms with Crippen molar-refractivity contribution in [3.8, 4) is 11.5 Å². The van der Waals surface area contributed by atoms with Gasteiger partial charge in [-0.2, -0.15) is 0 Å². The molecular formula is C15H23NO3. The lowest BCUT2D eigenvalue weighted by Crippen LogP contribution is -2.16. The van der Waals surface area contributed by atoms with E-state index in [-0.39, 0.29) is 6.61 Å². The summed E-state index contributed by atoms with van der Waals surface area (Å²) >= 11 is 0. The summed E-state index contributed by atoms with van der Waals surface area (Å²) in [5.74, 6) is 1.61. The molecule has 1 saturated carbocycles. The van der Waals surface area contributed by atoms with Crippen LogP contribution in [0.15, 0.2) is 18.2 Å². The first kappa shape index (κ1) is 14.2. The monoisotopic (exact) mass is 265 g/mol. The van der Waals surface area contributed by atoms with E-state index in [0.717, 1.165) is 36.4 Å². The Hall–Kier alpha value is -1.26. The minimum absolute atomic E-state index is 0.214. The van der Waals surface area contributed by atoms with Gasteiger partial charge in [-0.3, -0.25) is 0 Å². The maximum Gasteiger partial charge on any atom is 0.165 e. The van der Waals surface area contributed by atoms with Crippen LogP contribution in [0.3, 0.4) is 0 Å². The van der Waals surface area contributed by atoms with E-state index >= 15 is 0 Å². The molecule has 0 aliphatic heterocycles. The largest absolute Gasteiger partial charge is 0.493 e. The second-order valence-corrected chi connectivity index (χ2v) is 4.88. The van der Waals surface area contributed by atoms with Gasteiger partial charge in [0.15, 0.2) is 11.5 Å². The topological polar surface area (TPSA) is 50.7 Å². The van der Waals surface area contributed by atoms with Gasteiger partial charge >= 0.3 is 0 Å². The minimum Gasteiger partial charge on any atom is -0.493 e. The van der Waals surface area contributed by atoms with E-state index in [9.17, 15) is 0 Å². The normalized spacial score (nSPS) is 14.4. The zero-order valence-corrected chi connectivity index (χ0v) is 11.5. The number of unbranched alkanes of at least 4 members (excludes halogenated alkanes) is 1. The highest BCUT2D eigenvalue weighted by molar-refractivity contribution is 5.46. The molecule has 0 saturated heterocycles. The Labute approximate surface area is 114 Å². The third-order valence-corrected chi connectivity index (χ3v) is 3.24. The van der Waals surface area contributed by atoms with Gasteiger partial charge in [-0.05, 0) is 31.7 Å². The molecule has 0 bridgehead atoms. The molecule has 0 amide bonds. The highest BCUT2D eigenvalue weighted by Crippen LogP contribution is 2.32. The van der Waals surface area contributed by atoms with Gasteiger partial charge in [0.05, 0.1) is 13.7 Å². The van der Waals surface area contributed by atoms with Crippen LogP contribution in [0, 0.1) is 0 Å². The van der Waals surface area contributed by atoms with E-state index in [1.807, 2.05) is 12.1 Å². The van der Waals surface area contributed by atoms with E-state index in [2.05, 4.69) is 11.4 Å². The Bertz CT molecular complexity index is 391. The van der Waals surface area contributed by atoms with E-state index in [4.69, 9.17) is 14.6 Å². The molecule has 0 unspecified atom stereocenters. The number of para-hydroxylation sites is 1. The molecule has 1 aromatic rings. The van der Waals surface area contributed by atoms with Crippen LogP contribution in [-0.2, 0) is 6.54 Å². The van der Waals surface area contributed by atoms with Crippen molar-refractivity contribution in [1.82, 2.24) is 5.32 Å². The first-order valence-corrected chi connectivity index (χ1v) is 6.98. The highest BCUT2D eigenvalue weighted by atomic mass is 16.5. The maximum atomic E-state index is 8.78. The number of aliphatic hydroxyl groups excluding tert-OH is 1. The van der Waals surface area contributed by atoms with Gasteiger partial charge in [-0.1, -0.05) is 12.1 Å². The minimum atomic E-state index is 0.214. The molecule has 1 fully saturated rings. The molecule has 0 heterocycles. The van der Waals surface area contributed by atoms with Gasteiger partial charge < -0.3 is 19.9 Å². The number of benzene rings is 1. The SMILES string of the molecule is COc1cccc(CNC2CC2)c1OCCCCO. The molecule has 106 valence electrons. The molecule has 0 atom stereocenters. The Morgan fingerprint density at radius 2 is 2.16 bits per heavy atom. The zero-order chi connectivity index (χ0) is 13.5. The molecule has 1 aliphatic carbocycles. The Balaban J connectivity index is 1.97. The molecule has 0 aromatic heterocycles. The van der Waals surface area contributed by atoms with Crippen LogP contribution in [0.4, 0.5) is 0 Å². The predicted molar refractivity (Wildman–Crippen MR) is 74.7 cm³/mol. The molecule has 1 aliphatic rings. The molecule has 0 spiro atoms. The van der Waals surface area contributed by atoms with Crippen LogP contribution in [0.25, 0.3) is 0 Å². The Morgan fingerprint density at radius 3 is 2.84 bits per heavy atom. The molecular weight excluding hydrogens is 242 g/mol. The zero-order valence-electron chi connectivity index (χ0n) is 11.5. The average molecular weight is 265 g/mol. The lowest BCUT2D eigenvalue weighted by Gasteiger charge is -2.15. The van der Waals surface area contributed by atoms with Crippen LogP contribution >= 0.6 is 0 Å². The lowest BCUT2D eigenvalue weighted by atomic mass is 10.2. The summed E-state index contributed by atoms with van der Waals surface area (Å²) in [6.07, 6.45) is 4.17. The molecule has 2 N–H and O–H groups in total. The van der Waals surface area contributed by atoms with Crippen molar-refractivity contribution in [1.29, 1.82) is 0 Å². The average Bonchev–Trinajstić information content (AvgIpc) is 3.26. The third kappa shape index (κ3) is 4.40. The van der Waals surface area contributed by atoms with Crippen molar-refractivity contribution in [2.45, 2.75) is 38.3 Å². The van der Waals surface area contributed by atoms with Crippen LogP contribution in [0.5, 0.6) is 11.5 Å². The number of hydrogen-bond acceptors (Lipinski definition) is 4. The van der Waals surface area contributed by atoms with Crippen molar-refractivity contribution < 1.29 is 14.6 Å². The van der Waals surface area contributed by atoms with Gasteiger partial charge in [0.1, 0.15) is 0 Å². The van der Waals surface area contributed by atoms with E-state index in [1.165, 1.54) is 12.8 Å². The smallest absolute Gasteiger partial charge is 0.165 e. The van der Waals surface area contributed by atoms with Gasteiger partial charge in [-0.25, -0.2) is 0 Å². The molecule has 4 heteroatoms. The Morgan fingerprint density at radius 1 is 1.32 bits per heavy atom. The summed E-state index contributed by atoms with van der Waals surface area (Å²) in [5, 5.41) is 12.3. The van der Waals surface area contributed by atoms with E-state index in [1.54, 1.807) is 7.11 Å². The summed E-state index contributed by atoms with van der Waals surface area (Å²) in [6, 6.07) is 6.65. The summed E-state index contributed by atoms with van der Waals surface area (Å²) in [7, 11) is 1.66. The Kier molecular flexibility index (Phi) is 5.48. The highest BCUT2D eigenvalue weighted by Gasteiger charge is 2.21. The molecule has 19 heavy (non-hydrogen) atoms. The second-order valence-electron chi connectivity index (χ2n) is 4.88. The summed E-state index contributed by atoms with van der Waals surface area (Å²) in [6.45, 7) is 1.64. The third-order valence-electron chi connectivity index (χ3n) is 3.24.